The number of ether oxygens (including phenoxy) is 1. The van der Waals surface area contributed by atoms with E-state index < -0.39 is 10.9 Å². The molecule has 0 bridgehead atoms. The van der Waals surface area contributed by atoms with E-state index in [2.05, 4.69) is 13.8 Å². The molecule has 0 aliphatic heterocycles. The third-order valence-electron chi connectivity index (χ3n) is 9.22. The molecule has 0 radical (unpaired) electrons. The van der Waals surface area contributed by atoms with E-state index in [0.29, 0.717) is 37.0 Å². The van der Waals surface area contributed by atoms with E-state index in [0.717, 1.165) is 38.5 Å². The van der Waals surface area contributed by atoms with Crippen molar-refractivity contribution in [2.24, 2.45) is 0 Å². The van der Waals surface area contributed by atoms with Crippen LogP contribution in [0.4, 0.5) is 0 Å². The second-order valence-corrected chi connectivity index (χ2v) is 13.4. The van der Waals surface area contributed by atoms with Gasteiger partial charge >= 0.3 is 0 Å². The fourth-order valence-corrected chi connectivity index (χ4v) is 6.24. The Balaban J connectivity index is 1.83. The van der Waals surface area contributed by atoms with Crippen LogP contribution in [0.5, 0.6) is 11.5 Å². The highest BCUT2D eigenvalue weighted by Crippen LogP contribution is 2.18. The Kier molecular flexibility index (Phi) is 22.3. The lowest BCUT2D eigenvalue weighted by Crippen LogP contribution is -2.18. The fourth-order valence-electron chi connectivity index (χ4n) is 6.24. The van der Waals surface area contributed by atoms with Gasteiger partial charge in [-0.1, -0.05) is 155 Å². The molecule has 0 aliphatic carbocycles. The van der Waals surface area contributed by atoms with E-state index in [1.807, 2.05) is 0 Å². The summed E-state index contributed by atoms with van der Waals surface area (Å²) in [5.41, 5.74) is -0.314. The fraction of sp³-hybridized carbons (Fsp3) is 0.700. The number of aldehydes is 2. The summed E-state index contributed by atoms with van der Waals surface area (Å²) in [6.45, 7) is 5.68. The Hall–Kier alpha value is -2.96. The number of aryl methyl sites for hydroxylation is 2. The van der Waals surface area contributed by atoms with Gasteiger partial charge in [-0.05, 0) is 12.8 Å². The summed E-state index contributed by atoms with van der Waals surface area (Å²) in [4.78, 5) is 49.0. The van der Waals surface area contributed by atoms with E-state index in [4.69, 9.17) is 4.74 Å². The maximum atomic E-state index is 12.8. The molecular formula is C40H64N2O5. The molecule has 0 saturated carbocycles. The van der Waals surface area contributed by atoms with E-state index in [9.17, 15) is 19.2 Å². The summed E-state index contributed by atoms with van der Waals surface area (Å²) in [6.07, 6.45) is 34.3. The first-order valence-electron chi connectivity index (χ1n) is 19.1. The Morgan fingerprint density at radius 3 is 1.02 bits per heavy atom. The molecule has 0 spiro atoms. The van der Waals surface area contributed by atoms with Gasteiger partial charge < -0.3 is 13.9 Å². The molecule has 0 aromatic carbocycles. The molecule has 7 heteroatoms. The monoisotopic (exact) mass is 652 g/mol. The number of pyridine rings is 2. The minimum Gasteiger partial charge on any atom is -0.446 e. The van der Waals surface area contributed by atoms with Gasteiger partial charge in [0.15, 0.2) is 24.1 Å². The minimum atomic E-state index is -0.454. The predicted molar refractivity (Wildman–Crippen MR) is 194 cm³/mol. The average molecular weight is 653 g/mol. The van der Waals surface area contributed by atoms with Crippen molar-refractivity contribution in [1.29, 1.82) is 0 Å². The SMILES string of the molecule is CCCCCCCCCCCCCCn1cc(Oc2cn(CCCCCCCCCCCCCC)c(C=O)cc2=O)c(=O)cc1C=O. The smallest absolute Gasteiger partial charge is 0.224 e. The van der Waals surface area contributed by atoms with E-state index >= 15 is 0 Å². The van der Waals surface area contributed by atoms with Gasteiger partial charge in [0, 0.05) is 25.2 Å². The largest absolute Gasteiger partial charge is 0.446 e. The highest BCUT2D eigenvalue weighted by Gasteiger charge is 2.13. The quantitative estimate of drug-likeness (QED) is 0.0619. The molecule has 0 atom stereocenters. The topological polar surface area (TPSA) is 87.4 Å². The lowest BCUT2D eigenvalue weighted by atomic mass is 10.1. The normalized spacial score (nSPS) is 11.2. The summed E-state index contributed by atoms with van der Waals surface area (Å²) in [7, 11) is 0. The van der Waals surface area contributed by atoms with Crippen molar-refractivity contribution in [2.75, 3.05) is 0 Å². The molecule has 2 aromatic rings. The van der Waals surface area contributed by atoms with Crippen LogP contribution in [0.25, 0.3) is 0 Å². The average Bonchev–Trinajstić information content (AvgIpc) is 3.07. The van der Waals surface area contributed by atoms with Crippen LogP contribution in [-0.4, -0.2) is 21.7 Å². The van der Waals surface area contributed by atoms with Crippen LogP contribution in [0, 0.1) is 0 Å². The number of hydrogen-bond donors (Lipinski definition) is 0. The van der Waals surface area contributed by atoms with Crippen molar-refractivity contribution in [3.05, 3.63) is 56.4 Å². The van der Waals surface area contributed by atoms with Crippen molar-refractivity contribution >= 4 is 12.6 Å². The number of aromatic nitrogens is 2. The number of carbonyl (C=O) groups excluding carboxylic acids is 2. The van der Waals surface area contributed by atoms with Crippen LogP contribution in [0.1, 0.15) is 189 Å². The third-order valence-corrected chi connectivity index (χ3v) is 9.22. The van der Waals surface area contributed by atoms with Gasteiger partial charge in [0.2, 0.25) is 10.9 Å². The lowest BCUT2D eigenvalue weighted by Gasteiger charge is -2.14. The first kappa shape index (κ1) is 40.2. The zero-order chi connectivity index (χ0) is 34.0. The molecule has 2 rings (SSSR count). The van der Waals surface area contributed by atoms with Gasteiger partial charge in [-0.2, -0.15) is 0 Å². The molecular weight excluding hydrogens is 588 g/mol. The number of unbranched alkanes of at least 4 members (excludes halogenated alkanes) is 22. The maximum absolute atomic E-state index is 12.8. The first-order valence-corrected chi connectivity index (χ1v) is 19.1. The summed E-state index contributed by atoms with van der Waals surface area (Å²) < 4.78 is 9.33. The van der Waals surface area contributed by atoms with Crippen molar-refractivity contribution in [1.82, 2.24) is 9.13 Å². The summed E-state index contributed by atoms with van der Waals surface area (Å²) >= 11 is 0. The van der Waals surface area contributed by atoms with Crippen molar-refractivity contribution in [2.45, 2.75) is 181 Å². The molecule has 2 heterocycles. The summed E-state index contributed by atoms with van der Waals surface area (Å²) in [5.74, 6) is 0.00445. The molecule has 47 heavy (non-hydrogen) atoms. The zero-order valence-electron chi connectivity index (χ0n) is 29.8. The van der Waals surface area contributed by atoms with Crippen molar-refractivity contribution in [3.8, 4) is 11.5 Å². The van der Waals surface area contributed by atoms with Gasteiger partial charge in [-0.15, -0.1) is 0 Å². The van der Waals surface area contributed by atoms with Crippen LogP contribution in [0.2, 0.25) is 0 Å². The first-order chi connectivity index (χ1) is 23.0. The Bertz CT molecular complexity index is 1150. The summed E-state index contributed by atoms with van der Waals surface area (Å²) in [6, 6.07) is 2.54. The number of hydrogen-bond acceptors (Lipinski definition) is 5. The van der Waals surface area contributed by atoms with Crippen molar-refractivity contribution in [3.63, 3.8) is 0 Å². The van der Waals surface area contributed by atoms with Crippen LogP contribution in [0.15, 0.2) is 34.1 Å². The molecule has 264 valence electrons. The highest BCUT2D eigenvalue weighted by atomic mass is 16.5. The van der Waals surface area contributed by atoms with Gasteiger partial charge in [0.25, 0.3) is 0 Å². The number of carbonyl (C=O) groups is 2. The van der Waals surface area contributed by atoms with Crippen LogP contribution < -0.4 is 15.6 Å². The molecule has 7 nitrogen and oxygen atoms in total. The second-order valence-electron chi connectivity index (χ2n) is 13.4. The number of rotatable bonds is 30. The van der Waals surface area contributed by atoms with Gasteiger partial charge in [-0.3, -0.25) is 19.2 Å². The molecule has 0 aliphatic rings. The lowest BCUT2D eigenvalue weighted by molar-refractivity contribution is 0.110. The third kappa shape index (κ3) is 17.1. The van der Waals surface area contributed by atoms with E-state index in [1.165, 1.54) is 140 Å². The Morgan fingerprint density at radius 2 is 0.745 bits per heavy atom. The van der Waals surface area contributed by atoms with Crippen LogP contribution >= 0.6 is 0 Å². The predicted octanol–water partition coefficient (Wildman–Crippen LogP) is 10.8. The Labute approximate surface area is 284 Å². The maximum Gasteiger partial charge on any atom is 0.224 e. The molecule has 0 N–H and O–H groups in total. The zero-order valence-corrected chi connectivity index (χ0v) is 29.8. The van der Waals surface area contributed by atoms with Gasteiger partial charge in [0.1, 0.15) is 0 Å². The minimum absolute atomic E-state index is 0.00223. The molecule has 0 amide bonds. The van der Waals surface area contributed by atoms with Crippen LogP contribution in [0.3, 0.4) is 0 Å². The highest BCUT2D eigenvalue weighted by molar-refractivity contribution is 5.73. The molecule has 0 fully saturated rings. The van der Waals surface area contributed by atoms with Crippen LogP contribution in [-0.2, 0) is 13.1 Å². The molecule has 0 unspecified atom stereocenters. The standard InChI is InChI=1S/C40H64N2O5/c1-3-5-7-9-11-13-15-17-19-21-23-25-27-41-31-39(37(45)29-35(41)33-43)47-40-32-42(36(34-44)30-38(40)46)28-26-24-22-20-18-16-14-12-10-8-6-4-2/h29-34H,3-28H2,1-2H3. The van der Waals surface area contributed by atoms with Crippen molar-refractivity contribution < 1.29 is 14.3 Å². The second kappa shape index (κ2) is 26.0. The molecule has 0 saturated heterocycles. The summed E-state index contributed by atoms with van der Waals surface area (Å²) in [5, 5.41) is 0. The molecule has 2 aromatic heterocycles. The Morgan fingerprint density at radius 1 is 0.468 bits per heavy atom. The van der Waals surface area contributed by atoms with Gasteiger partial charge in [-0.25, -0.2) is 0 Å². The van der Waals surface area contributed by atoms with E-state index in [1.54, 1.807) is 9.13 Å². The number of nitrogens with zero attached hydrogens (tertiary/aromatic N) is 2. The van der Waals surface area contributed by atoms with E-state index in [-0.39, 0.29) is 11.5 Å². The van der Waals surface area contributed by atoms with Gasteiger partial charge in [0.05, 0.1) is 23.8 Å².